The summed E-state index contributed by atoms with van der Waals surface area (Å²) in [6.45, 7) is 9.68. The van der Waals surface area contributed by atoms with Crippen LogP contribution in [0.4, 0.5) is 17.3 Å². The van der Waals surface area contributed by atoms with Crippen LogP contribution in [0.2, 0.25) is 0 Å². The number of pyridine rings is 1. The minimum absolute atomic E-state index is 0.0832. The predicted molar refractivity (Wildman–Crippen MR) is 132 cm³/mol. The van der Waals surface area contributed by atoms with E-state index in [9.17, 15) is 0 Å². The number of piperazine rings is 1. The monoisotopic (exact) mass is 459 g/mol. The van der Waals surface area contributed by atoms with Crippen molar-refractivity contribution in [3.05, 3.63) is 36.3 Å². The van der Waals surface area contributed by atoms with Crippen molar-refractivity contribution in [3.63, 3.8) is 0 Å². The number of hydrogen-bond acceptors (Lipinski definition) is 8. The van der Waals surface area contributed by atoms with Gasteiger partial charge in [0.25, 0.3) is 5.62 Å². The van der Waals surface area contributed by atoms with Gasteiger partial charge < -0.3 is 14.8 Å². The Bertz CT molecular complexity index is 1180. The lowest BCUT2D eigenvalue weighted by atomic mass is 9.82. The van der Waals surface area contributed by atoms with Gasteiger partial charge in [-0.25, -0.2) is 15.0 Å². The number of rotatable bonds is 3. The summed E-state index contributed by atoms with van der Waals surface area (Å²) in [4.78, 5) is 28.1. The third-order valence-corrected chi connectivity index (χ3v) is 7.73. The summed E-state index contributed by atoms with van der Waals surface area (Å²) in [7, 11) is 0. The first kappa shape index (κ1) is 21.5. The van der Waals surface area contributed by atoms with E-state index in [2.05, 4.69) is 59.5 Å². The van der Waals surface area contributed by atoms with Gasteiger partial charge in [0, 0.05) is 38.8 Å². The Morgan fingerprint density at radius 2 is 1.76 bits per heavy atom. The Kier molecular flexibility index (Phi) is 5.44. The molecule has 1 saturated carbocycles. The number of fused-ring (bicyclic) bond motifs is 4. The maximum absolute atomic E-state index is 4.86. The molecule has 6 rings (SSSR count). The zero-order valence-corrected chi connectivity index (χ0v) is 20.1. The molecule has 9 nitrogen and oxygen atoms in total. The van der Waals surface area contributed by atoms with E-state index in [4.69, 9.17) is 4.98 Å². The Morgan fingerprint density at radius 3 is 2.50 bits per heavy atom. The normalized spacial score (nSPS) is 20.8. The highest BCUT2D eigenvalue weighted by molar-refractivity contribution is 5.57. The van der Waals surface area contributed by atoms with Crippen molar-refractivity contribution in [2.45, 2.75) is 57.5 Å². The first-order valence-electron chi connectivity index (χ1n) is 12.6. The van der Waals surface area contributed by atoms with Gasteiger partial charge in [-0.05, 0) is 38.8 Å². The Labute approximate surface area is 200 Å². The Morgan fingerprint density at radius 1 is 0.941 bits per heavy atom. The Hall–Kier alpha value is -3.07. The van der Waals surface area contributed by atoms with E-state index >= 15 is 0 Å². The maximum Gasteiger partial charge on any atom is 0.253 e. The molecule has 34 heavy (non-hydrogen) atoms. The Balaban J connectivity index is 1.28. The summed E-state index contributed by atoms with van der Waals surface area (Å²) >= 11 is 0. The molecule has 2 fully saturated rings. The summed E-state index contributed by atoms with van der Waals surface area (Å²) in [5.74, 6) is 2.52. The molecule has 5 heterocycles. The van der Waals surface area contributed by atoms with Crippen LogP contribution in [0.5, 0.6) is 0 Å². The molecule has 4 aliphatic heterocycles. The van der Waals surface area contributed by atoms with Crippen LogP contribution >= 0.6 is 0 Å². The lowest BCUT2D eigenvalue weighted by Gasteiger charge is -2.37. The second-order valence-electron chi connectivity index (χ2n) is 10.1. The zero-order chi connectivity index (χ0) is 23.1. The van der Waals surface area contributed by atoms with Crippen LogP contribution < -0.4 is 15.8 Å². The fourth-order valence-electron chi connectivity index (χ4n) is 5.75. The molecule has 1 aromatic heterocycles. The van der Waals surface area contributed by atoms with Crippen molar-refractivity contribution in [2.75, 3.05) is 42.9 Å². The third kappa shape index (κ3) is 3.81. The average Bonchev–Trinajstić information content (AvgIpc) is 3.23. The fraction of sp³-hybridized carbons (Fsp3) is 0.560. The van der Waals surface area contributed by atoms with Crippen molar-refractivity contribution in [2.24, 2.45) is 4.99 Å². The molecule has 1 N–H and O–H groups in total. The highest BCUT2D eigenvalue weighted by Gasteiger charge is 2.41. The third-order valence-electron chi connectivity index (χ3n) is 7.73. The number of nitrogens with one attached hydrogen (secondary N) is 1. The standard InChI is InChI=1S/C25H33N9/c1-18(2)32-10-12-33(13-11-32)19-6-7-21(27-14-19)30-24-28-15-20-23(31-24)34-22(16-26-20)29-17-25(34)8-4-3-5-9-25/h6-7,14-16,18,29H,3-5,8-13,17H2,1-2H3. The molecule has 1 aliphatic carbocycles. The van der Waals surface area contributed by atoms with Crippen LogP contribution in [-0.2, 0) is 5.54 Å². The summed E-state index contributed by atoms with van der Waals surface area (Å²) in [5, 5.41) is 3.56. The fourth-order valence-corrected chi connectivity index (χ4v) is 5.75. The largest absolute Gasteiger partial charge is 0.368 e. The van der Waals surface area contributed by atoms with Gasteiger partial charge in [0.05, 0.1) is 29.8 Å². The molecule has 178 valence electrons. The number of nitrogens with zero attached hydrogens (tertiary/aromatic N) is 8. The second-order valence-corrected chi connectivity index (χ2v) is 10.1. The van der Waals surface area contributed by atoms with Crippen molar-refractivity contribution in [3.8, 4) is 11.5 Å². The lowest BCUT2D eigenvalue weighted by Crippen LogP contribution is -2.48. The summed E-state index contributed by atoms with van der Waals surface area (Å²) in [6, 6.07) is 4.66. The molecule has 0 bridgehead atoms. The summed E-state index contributed by atoms with van der Waals surface area (Å²) < 4.78 is 2.36. The van der Waals surface area contributed by atoms with Gasteiger partial charge in [0.2, 0.25) is 0 Å². The van der Waals surface area contributed by atoms with Gasteiger partial charge >= 0.3 is 0 Å². The highest BCUT2D eigenvalue weighted by atomic mass is 15.3. The zero-order valence-electron chi connectivity index (χ0n) is 20.1. The molecule has 0 unspecified atom stereocenters. The molecule has 0 atom stereocenters. The van der Waals surface area contributed by atoms with Crippen LogP contribution in [0.3, 0.4) is 0 Å². The predicted octanol–water partition coefficient (Wildman–Crippen LogP) is 3.02. The highest BCUT2D eigenvalue weighted by Crippen LogP contribution is 2.43. The van der Waals surface area contributed by atoms with Crippen LogP contribution in [0, 0.1) is 0 Å². The molecule has 1 spiro atoms. The molecular formula is C25H33N9. The SMILES string of the molecule is CC(C)N1CCN(c2ccc(N=c3ncc4ncc5n(c-4n3)C3(CCCCC3)CN5)nc2)CC1. The topological polar surface area (TPSA) is 87.4 Å². The van der Waals surface area contributed by atoms with Gasteiger partial charge in [-0.3, -0.25) is 4.90 Å². The maximum atomic E-state index is 4.86. The van der Waals surface area contributed by atoms with Gasteiger partial charge in [-0.2, -0.15) is 9.98 Å². The number of hydrogen-bond donors (Lipinski definition) is 1. The number of anilines is 2. The first-order chi connectivity index (χ1) is 16.6. The van der Waals surface area contributed by atoms with Gasteiger partial charge in [0.1, 0.15) is 11.5 Å². The van der Waals surface area contributed by atoms with Crippen molar-refractivity contribution < 1.29 is 0 Å². The number of aromatic nitrogens is 5. The average molecular weight is 460 g/mol. The van der Waals surface area contributed by atoms with E-state index in [-0.39, 0.29) is 5.54 Å². The van der Waals surface area contributed by atoms with Crippen molar-refractivity contribution in [1.82, 2.24) is 29.4 Å². The molecule has 1 saturated heterocycles. The van der Waals surface area contributed by atoms with Crippen LogP contribution in [0.15, 0.2) is 35.7 Å². The molecule has 0 radical (unpaired) electrons. The van der Waals surface area contributed by atoms with E-state index in [1.54, 1.807) is 6.20 Å². The smallest absolute Gasteiger partial charge is 0.253 e. The van der Waals surface area contributed by atoms with E-state index in [0.29, 0.717) is 17.5 Å². The van der Waals surface area contributed by atoms with E-state index < -0.39 is 0 Å². The molecule has 1 aromatic rings. The van der Waals surface area contributed by atoms with Crippen LogP contribution in [0.1, 0.15) is 46.0 Å². The molecule has 0 aromatic carbocycles. The molecule has 5 aliphatic rings. The lowest BCUT2D eigenvalue weighted by molar-refractivity contribution is 0.209. The van der Waals surface area contributed by atoms with E-state index in [0.717, 1.165) is 55.7 Å². The summed E-state index contributed by atoms with van der Waals surface area (Å²) in [6.07, 6.45) is 11.8. The quantitative estimate of drug-likeness (QED) is 0.644. The molecular weight excluding hydrogens is 426 g/mol. The van der Waals surface area contributed by atoms with Crippen LogP contribution in [0.25, 0.3) is 11.5 Å². The minimum Gasteiger partial charge on any atom is -0.368 e. The summed E-state index contributed by atoms with van der Waals surface area (Å²) in [5.41, 5.74) is 2.46. The van der Waals surface area contributed by atoms with Crippen LogP contribution in [-0.4, -0.2) is 68.2 Å². The van der Waals surface area contributed by atoms with Gasteiger partial charge in [-0.1, -0.05) is 19.3 Å². The second kappa shape index (κ2) is 8.61. The van der Waals surface area contributed by atoms with Crippen molar-refractivity contribution >= 4 is 17.3 Å². The first-order valence-corrected chi connectivity index (χ1v) is 12.6. The van der Waals surface area contributed by atoms with Gasteiger partial charge in [0.15, 0.2) is 11.6 Å². The minimum atomic E-state index is 0.0832. The molecule has 0 amide bonds. The van der Waals surface area contributed by atoms with Gasteiger partial charge in [-0.15, -0.1) is 0 Å². The van der Waals surface area contributed by atoms with Crippen molar-refractivity contribution in [1.29, 1.82) is 0 Å². The van der Waals surface area contributed by atoms with E-state index in [1.165, 1.54) is 32.1 Å². The molecule has 9 heteroatoms. The van der Waals surface area contributed by atoms with E-state index in [1.807, 2.05) is 18.5 Å².